The van der Waals surface area contributed by atoms with E-state index in [1.54, 1.807) is 36.5 Å². The average molecular weight is 311 g/mol. The molecule has 0 radical (unpaired) electrons. The molecule has 0 fully saturated rings. The van der Waals surface area contributed by atoms with Gasteiger partial charge >= 0.3 is 0 Å². The molecule has 0 aliphatic rings. The third-order valence-electron chi connectivity index (χ3n) is 3.47. The quantitative estimate of drug-likeness (QED) is 0.799. The molecule has 2 heterocycles. The Hall–Kier alpha value is -3.02. The number of hydrogen-bond acceptors (Lipinski definition) is 3. The van der Waals surface area contributed by atoms with Gasteiger partial charge < -0.3 is 5.32 Å². The van der Waals surface area contributed by atoms with Crippen molar-refractivity contribution in [1.82, 2.24) is 14.7 Å². The van der Waals surface area contributed by atoms with Crippen LogP contribution in [0.25, 0.3) is 5.65 Å². The third kappa shape index (κ3) is 3.26. The Kier molecular flexibility index (Phi) is 4.14. The van der Waals surface area contributed by atoms with E-state index in [0.29, 0.717) is 18.6 Å². The van der Waals surface area contributed by atoms with E-state index >= 15 is 0 Å². The molecule has 6 heteroatoms. The highest BCUT2D eigenvalue weighted by Gasteiger charge is 2.12. The minimum atomic E-state index is -0.470. The highest BCUT2D eigenvalue weighted by molar-refractivity contribution is 5.93. The van der Waals surface area contributed by atoms with Crippen LogP contribution in [0.4, 0.5) is 4.39 Å². The molecular weight excluding hydrogens is 297 g/mol. The molecule has 1 aromatic carbocycles. The van der Waals surface area contributed by atoms with Gasteiger partial charge in [-0.1, -0.05) is 18.2 Å². The Labute approximate surface area is 131 Å². The average Bonchev–Trinajstić information content (AvgIpc) is 2.57. The molecule has 0 spiro atoms. The van der Waals surface area contributed by atoms with Crippen molar-refractivity contribution in [3.05, 3.63) is 82.2 Å². The Balaban J connectivity index is 1.70. The first-order valence-electron chi connectivity index (χ1n) is 7.14. The van der Waals surface area contributed by atoms with E-state index < -0.39 is 11.5 Å². The lowest BCUT2D eigenvalue weighted by Crippen LogP contribution is -2.32. The molecule has 0 aliphatic heterocycles. The zero-order valence-corrected chi connectivity index (χ0v) is 12.2. The summed E-state index contributed by atoms with van der Waals surface area (Å²) in [6.45, 7) is 0.349. The lowest BCUT2D eigenvalue weighted by Gasteiger charge is -2.06. The van der Waals surface area contributed by atoms with Gasteiger partial charge in [0.05, 0.1) is 0 Å². The lowest BCUT2D eigenvalue weighted by molar-refractivity contribution is 0.0952. The molecule has 0 atom stereocenters. The maximum Gasteiger partial charge on any atom is 0.270 e. The van der Waals surface area contributed by atoms with Crippen LogP contribution in [-0.4, -0.2) is 21.8 Å². The van der Waals surface area contributed by atoms with Gasteiger partial charge in [-0.05, 0) is 36.2 Å². The Bertz CT molecular complexity index is 904. The zero-order chi connectivity index (χ0) is 16.2. The maximum atomic E-state index is 12.8. The summed E-state index contributed by atoms with van der Waals surface area (Å²) in [5.41, 5.74) is 0.975. The number of benzene rings is 1. The van der Waals surface area contributed by atoms with E-state index in [4.69, 9.17) is 0 Å². The molecule has 0 unspecified atom stereocenters. The second-order valence-electron chi connectivity index (χ2n) is 5.04. The fraction of sp³-hybridized carbons (Fsp3) is 0.118. The van der Waals surface area contributed by atoms with Gasteiger partial charge in [-0.3, -0.25) is 14.0 Å². The van der Waals surface area contributed by atoms with Crippen LogP contribution in [-0.2, 0) is 6.42 Å². The molecule has 23 heavy (non-hydrogen) atoms. The van der Waals surface area contributed by atoms with E-state index in [-0.39, 0.29) is 11.4 Å². The number of hydrogen-bond donors (Lipinski definition) is 1. The van der Waals surface area contributed by atoms with Gasteiger partial charge in [0.25, 0.3) is 11.5 Å². The number of nitrogens with zero attached hydrogens (tertiary/aromatic N) is 2. The minimum absolute atomic E-state index is 0.00666. The molecule has 1 N–H and O–H groups in total. The number of halogens is 1. The van der Waals surface area contributed by atoms with E-state index in [9.17, 15) is 14.0 Å². The summed E-state index contributed by atoms with van der Waals surface area (Å²) in [6.07, 6.45) is 3.40. The number of carbonyl (C=O) groups excluding carboxylic acids is 1. The fourth-order valence-corrected chi connectivity index (χ4v) is 2.25. The van der Waals surface area contributed by atoms with Crippen LogP contribution in [0.15, 0.2) is 59.7 Å². The number of amides is 1. The summed E-state index contributed by atoms with van der Waals surface area (Å²) in [6, 6.07) is 11.2. The summed E-state index contributed by atoms with van der Waals surface area (Å²) in [4.78, 5) is 28.5. The van der Waals surface area contributed by atoms with Crippen molar-refractivity contribution >= 4 is 11.6 Å². The maximum absolute atomic E-state index is 12.8. The van der Waals surface area contributed by atoms with E-state index in [1.807, 2.05) is 0 Å². The Morgan fingerprint density at radius 1 is 1.17 bits per heavy atom. The van der Waals surface area contributed by atoms with E-state index in [0.717, 1.165) is 5.56 Å². The van der Waals surface area contributed by atoms with E-state index in [2.05, 4.69) is 10.3 Å². The van der Waals surface area contributed by atoms with Crippen LogP contribution in [0.2, 0.25) is 0 Å². The second kappa shape index (κ2) is 6.39. The van der Waals surface area contributed by atoms with Crippen LogP contribution in [0, 0.1) is 5.82 Å². The Morgan fingerprint density at radius 3 is 2.74 bits per heavy atom. The van der Waals surface area contributed by atoms with Crippen molar-refractivity contribution in [2.24, 2.45) is 0 Å². The van der Waals surface area contributed by atoms with Crippen LogP contribution in [0.1, 0.15) is 15.9 Å². The van der Waals surface area contributed by atoms with Crippen molar-refractivity contribution < 1.29 is 9.18 Å². The fourth-order valence-electron chi connectivity index (χ4n) is 2.25. The first-order valence-corrected chi connectivity index (χ1v) is 7.14. The van der Waals surface area contributed by atoms with Gasteiger partial charge in [-0.25, -0.2) is 9.37 Å². The number of pyridine rings is 1. The van der Waals surface area contributed by atoms with Gasteiger partial charge in [-0.15, -0.1) is 0 Å². The van der Waals surface area contributed by atoms with Gasteiger partial charge in [-0.2, -0.15) is 0 Å². The molecule has 0 bridgehead atoms. The molecule has 0 saturated heterocycles. The summed E-state index contributed by atoms with van der Waals surface area (Å²) in [7, 11) is 0. The summed E-state index contributed by atoms with van der Waals surface area (Å²) >= 11 is 0. The van der Waals surface area contributed by atoms with Gasteiger partial charge in [0.15, 0.2) is 0 Å². The van der Waals surface area contributed by atoms with E-state index in [1.165, 1.54) is 22.7 Å². The predicted octanol–water partition coefficient (Wildman–Crippen LogP) is 1.81. The smallest absolute Gasteiger partial charge is 0.270 e. The Morgan fingerprint density at radius 2 is 1.96 bits per heavy atom. The van der Waals surface area contributed by atoms with Crippen molar-refractivity contribution in [3.63, 3.8) is 0 Å². The normalized spacial score (nSPS) is 10.7. The van der Waals surface area contributed by atoms with Crippen LogP contribution < -0.4 is 10.9 Å². The highest BCUT2D eigenvalue weighted by atomic mass is 19.1. The molecule has 3 aromatic rings. The van der Waals surface area contributed by atoms with Gasteiger partial charge in [0.1, 0.15) is 17.0 Å². The summed E-state index contributed by atoms with van der Waals surface area (Å²) < 4.78 is 14.1. The van der Waals surface area contributed by atoms with Crippen molar-refractivity contribution in [1.29, 1.82) is 0 Å². The molecule has 1 amide bonds. The molecule has 3 rings (SSSR count). The topological polar surface area (TPSA) is 63.5 Å². The second-order valence-corrected chi connectivity index (χ2v) is 5.04. The van der Waals surface area contributed by atoms with Crippen molar-refractivity contribution in [2.75, 3.05) is 6.54 Å². The number of fused-ring (bicyclic) bond motifs is 1. The predicted molar refractivity (Wildman–Crippen MR) is 83.9 cm³/mol. The molecular formula is C17H14FN3O2. The SMILES string of the molecule is O=C(NCCc1ccc(F)cc1)c1cnc2ccccn2c1=O. The zero-order valence-electron chi connectivity index (χ0n) is 12.2. The van der Waals surface area contributed by atoms with Gasteiger partial charge in [0.2, 0.25) is 0 Å². The number of nitrogens with one attached hydrogen (secondary N) is 1. The van der Waals surface area contributed by atoms with Gasteiger partial charge in [0, 0.05) is 18.9 Å². The molecule has 0 aliphatic carbocycles. The summed E-state index contributed by atoms with van der Waals surface area (Å²) in [5, 5.41) is 2.68. The number of carbonyl (C=O) groups is 1. The molecule has 116 valence electrons. The van der Waals surface area contributed by atoms with Crippen LogP contribution in [0.3, 0.4) is 0 Å². The molecule has 0 saturated carbocycles. The minimum Gasteiger partial charge on any atom is -0.351 e. The van der Waals surface area contributed by atoms with Crippen LogP contribution in [0.5, 0.6) is 0 Å². The van der Waals surface area contributed by atoms with Crippen molar-refractivity contribution in [3.8, 4) is 0 Å². The number of rotatable bonds is 4. The molecule has 2 aromatic heterocycles. The van der Waals surface area contributed by atoms with Crippen LogP contribution >= 0.6 is 0 Å². The number of aromatic nitrogens is 2. The summed E-state index contributed by atoms with van der Waals surface area (Å²) in [5.74, 6) is -0.768. The van der Waals surface area contributed by atoms with Crippen molar-refractivity contribution in [2.45, 2.75) is 6.42 Å². The first-order chi connectivity index (χ1) is 11.1. The standard InChI is InChI=1S/C17H14FN3O2/c18-13-6-4-12(5-7-13)8-9-19-16(22)14-11-20-15-3-1-2-10-21(15)17(14)23/h1-7,10-11H,8-9H2,(H,19,22). The monoisotopic (exact) mass is 311 g/mol. The third-order valence-corrected chi connectivity index (χ3v) is 3.47. The largest absolute Gasteiger partial charge is 0.351 e. The highest BCUT2D eigenvalue weighted by Crippen LogP contribution is 2.03. The lowest BCUT2D eigenvalue weighted by atomic mass is 10.1. The first kappa shape index (κ1) is 14.9. The molecule has 5 nitrogen and oxygen atoms in total.